The normalized spacial score (nSPS) is 20.0. The highest BCUT2D eigenvalue weighted by atomic mass is 15.1. The van der Waals surface area contributed by atoms with E-state index in [1.165, 1.54) is 11.3 Å². The van der Waals surface area contributed by atoms with Crippen molar-refractivity contribution in [1.29, 1.82) is 0 Å². The molecular formula is C20H35N3. The maximum absolute atomic E-state index is 3.59. The number of hydrogen-bond donors (Lipinski definition) is 2. The van der Waals surface area contributed by atoms with Crippen LogP contribution in [0.25, 0.3) is 0 Å². The summed E-state index contributed by atoms with van der Waals surface area (Å²) in [6, 6.07) is 0.421. The molecule has 0 radical (unpaired) electrons. The van der Waals surface area contributed by atoms with Gasteiger partial charge in [0.1, 0.15) is 0 Å². The van der Waals surface area contributed by atoms with Gasteiger partial charge in [-0.05, 0) is 38.9 Å². The van der Waals surface area contributed by atoms with Crippen LogP contribution in [-0.2, 0) is 0 Å². The molecule has 0 saturated heterocycles. The lowest BCUT2D eigenvalue weighted by Crippen LogP contribution is -2.39. The van der Waals surface area contributed by atoms with Gasteiger partial charge in [0.05, 0.1) is 6.04 Å². The molecule has 2 unspecified atom stereocenters. The second-order valence-electron chi connectivity index (χ2n) is 6.48. The summed E-state index contributed by atoms with van der Waals surface area (Å²) in [5.41, 5.74) is 2.81. The monoisotopic (exact) mass is 317 g/mol. The molecule has 1 rings (SSSR count). The molecule has 23 heavy (non-hydrogen) atoms. The van der Waals surface area contributed by atoms with Crippen LogP contribution >= 0.6 is 0 Å². The topological polar surface area (TPSA) is 27.3 Å². The van der Waals surface area contributed by atoms with Crippen LogP contribution in [0.4, 0.5) is 0 Å². The summed E-state index contributed by atoms with van der Waals surface area (Å²) < 4.78 is 0. The molecule has 3 heteroatoms. The average Bonchev–Trinajstić information content (AvgIpc) is 2.54. The van der Waals surface area contributed by atoms with Crippen LogP contribution in [0.5, 0.6) is 0 Å². The fourth-order valence-electron chi connectivity index (χ4n) is 2.77. The van der Waals surface area contributed by atoms with Crippen molar-refractivity contribution < 1.29 is 0 Å². The van der Waals surface area contributed by atoms with E-state index in [4.69, 9.17) is 0 Å². The zero-order chi connectivity index (χ0) is 17.1. The Labute approximate surface area is 143 Å². The minimum Gasteiger partial charge on any atom is -0.381 e. The molecule has 2 N–H and O–H groups in total. The SMILES string of the molecule is CCC1=CC=CC(CN(C)C/C(=C/C=C\C(C)CNC)CC)N1. The second kappa shape index (κ2) is 11.3. The Hall–Kier alpha value is -1.32. The first-order valence-corrected chi connectivity index (χ1v) is 8.92. The van der Waals surface area contributed by atoms with Gasteiger partial charge in [-0.15, -0.1) is 0 Å². The van der Waals surface area contributed by atoms with E-state index >= 15 is 0 Å². The molecule has 3 nitrogen and oxygen atoms in total. The number of nitrogens with one attached hydrogen (secondary N) is 2. The first-order chi connectivity index (χ1) is 11.1. The number of allylic oxidation sites excluding steroid dienone is 5. The van der Waals surface area contributed by atoms with Crippen LogP contribution in [0.1, 0.15) is 33.6 Å². The highest BCUT2D eigenvalue weighted by Crippen LogP contribution is 2.09. The maximum atomic E-state index is 3.59. The van der Waals surface area contributed by atoms with Crippen molar-refractivity contribution >= 4 is 0 Å². The molecule has 0 aromatic carbocycles. The third kappa shape index (κ3) is 8.19. The van der Waals surface area contributed by atoms with Crippen molar-refractivity contribution in [2.75, 3.05) is 33.7 Å². The summed E-state index contributed by atoms with van der Waals surface area (Å²) >= 11 is 0. The Bertz CT molecular complexity index is 446. The van der Waals surface area contributed by atoms with Gasteiger partial charge in [0.15, 0.2) is 0 Å². The molecule has 0 aliphatic carbocycles. The highest BCUT2D eigenvalue weighted by molar-refractivity contribution is 5.20. The number of nitrogens with zero attached hydrogens (tertiary/aromatic N) is 1. The predicted octanol–water partition coefficient (Wildman–Crippen LogP) is 3.49. The molecule has 0 amide bonds. The van der Waals surface area contributed by atoms with Crippen molar-refractivity contribution in [3.05, 3.63) is 47.7 Å². The highest BCUT2D eigenvalue weighted by Gasteiger charge is 2.12. The Balaban J connectivity index is 2.45. The van der Waals surface area contributed by atoms with Crippen molar-refractivity contribution in [3.63, 3.8) is 0 Å². The maximum Gasteiger partial charge on any atom is 0.0571 e. The van der Waals surface area contributed by atoms with Gasteiger partial charge in [0, 0.05) is 25.3 Å². The molecule has 1 aliphatic rings. The minimum absolute atomic E-state index is 0.421. The molecule has 0 aromatic rings. The van der Waals surface area contributed by atoms with Gasteiger partial charge in [-0.3, -0.25) is 0 Å². The summed E-state index contributed by atoms with van der Waals surface area (Å²) in [5, 5.41) is 6.80. The molecule has 0 aromatic heterocycles. The van der Waals surface area contributed by atoms with Crippen molar-refractivity contribution in [2.45, 2.75) is 39.7 Å². The number of likely N-dealkylation sites (N-methyl/N-ethyl adjacent to an activating group) is 1. The largest absolute Gasteiger partial charge is 0.381 e. The number of hydrogen-bond acceptors (Lipinski definition) is 3. The lowest BCUT2D eigenvalue weighted by Gasteiger charge is -2.26. The lowest BCUT2D eigenvalue weighted by molar-refractivity contribution is 0.334. The third-order valence-electron chi connectivity index (χ3n) is 4.13. The van der Waals surface area contributed by atoms with Crippen LogP contribution in [0.3, 0.4) is 0 Å². The third-order valence-corrected chi connectivity index (χ3v) is 4.13. The molecule has 1 heterocycles. The summed E-state index contributed by atoms with van der Waals surface area (Å²) in [6.45, 7) is 9.75. The summed E-state index contributed by atoms with van der Waals surface area (Å²) in [4.78, 5) is 2.40. The van der Waals surface area contributed by atoms with Gasteiger partial charge in [-0.2, -0.15) is 0 Å². The van der Waals surface area contributed by atoms with Gasteiger partial charge in [0.2, 0.25) is 0 Å². The average molecular weight is 318 g/mol. The molecule has 0 bridgehead atoms. The van der Waals surface area contributed by atoms with Crippen molar-refractivity contribution in [3.8, 4) is 0 Å². The predicted molar refractivity (Wildman–Crippen MR) is 103 cm³/mol. The quantitative estimate of drug-likeness (QED) is 0.604. The first-order valence-electron chi connectivity index (χ1n) is 8.92. The van der Waals surface area contributed by atoms with Crippen molar-refractivity contribution in [2.24, 2.45) is 5.92 Å². The molecule has 0 spiro atoms. The molecule has 2 atom stereocenters. The molecule has 0 fully saturated rings. The van der Waals surface area contributed by atoms with E-state index in [0.29, 0.717) is 12.0 Å². The van der Waals surface area contributed by atoms with E-state index in [0.717, 1.165) is 32.5 Å². The second-order valence-corrected chi connectivity index (χ2v) is 6.48. The zero-order valence-electron chi connectivity index (χ0n) is 15.6. The zero-order valence-corrected chi connectivity index (χ0v) is 15.6. The van der Waals surface area contributed by atoms with E-state index in [9.17, 15) is 0 Å². The molecular weight excluding hydrogens is 282 g/mol. The van der Waals surface area contributed by atoms with E-state index < -0.39 is 0 Å². The molecule has 1 aliphatic heterocycles. The standard InChI is InChI=1S/C20H35N3/c1-6-18(11-8-10-17(3)14-21-4)15-23(5)16-20-13-9-12-19(7-2)22-20/h8-13,17,20-22H,6-7,14-16H2,1-5H3/b10-8-,18-11+. The summed E-state index contributed by atoms with van der Waals surface area (Å²) in [5.74, 6) is 0.572. The Morgan fingerprint density at radius 3 is 2.87 bits per heavy atom. The number of rotatable bonds is 10. The minimum atomic E-state index is 0.421. The summed E-state index contributed by atoms with van der Waals surface area (Å²) in [7, 11) is 4.20. The van der Waals surface area contributed by atoms with Gasteiger partial charge in [0.25, 0.3) is 0 Å². The van der Waals surface area contributed by atoms with Crippen molar-refractivity contribution in [1.82, 2.24) is 15.5 Å². The summed E-state index contributed by atoms with van der Waals surface area (Å²) in [6.07, 6.45) is 15.5. The smallest absolute Gasteiger partial charge is 0.0571 e. The van der Waals surface area contributed by atoms with Gasteiger partial charge in [-0.25, -0.2) is 0 Å². The van der Waals surface area contributed by atoms with Gasteiger partial charge in [-0.1, -0.05) is 56.7 Å². The van der Waals surface area contributed by atoms with Gasteiger partial charge >= 0.3 is 0 Å². The Morgan fingerprint density at radius 1 is 1.43 bits per heavy atom. The molecule has 130 valence electrons. The van der Waals surface area contributed by atoms with E-state index in [-0.39, 0.29) is 0 Å². The van der Waals surface area contributed by atoms with Crippen LogP contribution in [0.2, 0.25) is 0 Å². The van der Waals surface area contributed by atoms with E-state index in [1.807, 2.05) is 7.05 Å². The van der Waals surface area contributed by atoms with E-state index in [2.05, 4.69) is 79.8 Å². The van der Waals surface area contributed by atoms with E-state index in [1.54, 1.807) is 0 Å². The van der Waals surface area contributed by atoms with Crippen LogP contribution in [0, 0.1) is 5.92 Å². The van der Waals surface area contributed by atoms with Gasteiger partial charge < -0.3 is 15.5 Å². The lowest BCUT2D eigenvalue weighted by atomic mass is 10.1. The van der Waals surface area contributed by atoms with Crippen LogP contribution in [0.15, 0.2) is 47.7 Å². The Morgan fingerprint density at radius 2 is 2.22 bits per heavy atom. The van der Waals surface area contributed by atoms with Crippen LogP contribution in [-0.4, -0.2) is 44.7 Å². The van der Waals surface area contributed by atoms with Crippen LogP contribution < -0.4 is 10.6 Å². The first kappa shape index (κ1) is 19.7. The number of dihydropyridines is 1. The Kier molecular flexibility index (Phi) is 9.65. The fraction of sp³-hybridized carbons (Fsp3) is 0.600. The molecule has 0 saturated carbocycles. The fourth-order valence-corrected chi connectivity index (χ4v) is 2.77.